The number of methoxy groups -OCH3 is 1. The van der Waals surface area contributed by atoms with Crippen LogP contribution in [0.3, 0.4) is 0 Å². The Balaban J connectivity index is 1.34. The number of benzene rings is 3. The van der Waals surface area contributed by atoms with Crippen LogP contribution < -0.4 is 20.1 Å². The molecule has 0 aliphatic carbocycles. The van der Waals surface area contributed by atoms with Crippen molar-refractivity contribution in [3.05, 3.63) is 90.6 Å². The molecular formula is C30H30N6O4S. The third-order valence-corrected chi connectivity index (χ3v) is 8.50. The summed E-state index contributed by atoms with van der Waals surface area (Å²) < 4.78 is 41.9. The number of pyridine rings is 1. The van der Waals surface area contributed by atoms with Crippen LogP contribution in [0.4, 0.5) is 11.6 Å². The zero-order valence-corrected chi connectivity index (χ0v) is 23.3. The number of nitrogens with one attached hydrogen (secondary N) is 1. The normalized spacial score (nSPS) is 13.9. The van der Waals surface area contributed by atoms with Crippen LogP contribution in [0.15, 0.2) is 90.0 Å². The molecule has 1 aliphatic rings. The third-order valence-electron chi connectivity index (χ3n) is 7.11. The molecule has 210 valence electrons. The molecule has 0 spiro atoms. The van der Waals surface area contributed by atoms with Crippen LogP contribution in [-0.2, 0) is 21.3 Å². The third kappa shape index (κ3) is 5.47. The first-order chi connectivity index (χ1) is 19.9. The fourth-order valence-electron chi connectivity index (χ4n) is 4.97. The van der Waals surface area contributed by atoms with Gasteiger partial charge in [0.1, 0.15) is 4.90 Å². The summed E-state index contributed by atoms with van der Waals surface area (Å²) in [7, 11) is -2.52. The van der Waals surface area contributed by atoms with Crippen molar-refractivity contribution in [2.75, 3.05) is 44.0 Å². The molecule has 1 saturated heterocycles. The van der Waals surface area contributed by atoms with Crippen molar-refractivity contribution in [1.29, 1.82) is 0 Å². The number of morpholine rings is 1. The van der Waals surface area contributed by atoms with Crippen LogP contribution >= 0.6 is 0 Å². The van der Waals surface area contributed by atoms with Gasteiger partial charge in [-0.15, -0.1) is 0 Å². The van der Waals surface area contributed by atoms with Gasteiger partial charge >= 0.3 is 0 Å². The summed E-state index contributed by atoms with van der Waals surface area (Å²) in [6.07, 6.45) is 1.59. The summed E-state index contributed by atoms with van der Waals surface area (Å²) in [5, 5.41) is 0. The van der Waals surface area contributed by atoms with Crippen molar-refractivity contribution >= 4 is 32.7 Å². The highest BCUT2D eigenvalue weighted by molar-refractivity contribution is 7.89. The number of anilines is 2. The van der Waals surface area contributed by atoms with Crippen molar-refractivity contribution in [2.45, 2.75) is 11.4 Å². The Morgan fingerprint density at radius 1 is 0.951 bits per heavy atom. The van der Waals surface area contributed by atoms with Gasteiger partial charge in [-0.1, -0.05) is 36.4 Å². The zero-order chi connectivity index (χ0) is 28.4. The van der Waals surface area contributed by atoms with Gasteiger partial charge in [0.25, 0.3) is 0 Å². The largest absolute Gasteiger partial charge is 0.480 e. The summed E-state index contributed by atoms with van der Waals surface area (Å²) in [5.74, 6) is 0.377. The molecule has 3 heterocycles. The van der Waals surface area contributed by atoms with Gasteiger partial charge in [0.15, 0.2) is 0 Å². The smallest absolute Gasteiger partial charge is 0.246 e. The molecule has 0 unspecified atom stereocenters. The maximum Gasteiger partial charge on any atom is 0.246 e. The molecule has 1 aliphatic heterocycles. The van der Waals surface area contributed by atoms with Crippen LogP contribution in [0.1, 0.15) is 5.56 Å². The Labute approximate surface area is 238 Å². The van der Waals surface area contributed by atoms with E-state index in [2.05, 4.69) is 31.7 Å². The SMILES string of the molecule is COc1ncc(-c2ccc3nc(N)n(-c4ccc(N5CCOCC5)cc4)c3c2)cc1S(=O)(=O)NCc1ccccc1. The zero-order valence-electron chi connectivity index (χ0n) is 22.5. The second-order valence-electron chi connectivity index (χ2n) is 9.67. The highest BCUT2D eigenvalue weighted by Crippen LogP contribution is 2.32. The van der Waals surface area contributed by atoms with Crippen molar-refractivity contribution in [2.24, 2.45) is 0 Å². The lowest BCUT2D eigenvalue weighted by atomic mass is 10.1. The minimum absolute atomic E-state index is 0.0185. The Hall–Kier alpha value is -4.45. The summed E-state index contributed by atoms with van der Waals surface area (Å²) in [6.45, 7) is 3.29. The average Bonchev–Trinajstić information content (AvgIpc) is 3.35. The average molecular weight is 571 g/mol. The molecule has 6 rings (SSSR count). The number of rotatable bonds is 8. The summed E-state index contributed by atoms with van der Waals surface area (Å²) in [6, 6.07) is 24.7. The number of hydrogen-bond acceptors (Lipinski definition) is 8. The molecule has 0 amide bonds. The lowest BCUT2D eigenvalue weighted by Crippen LogP contribution is -2.36. The molecule has 10 nitrogen and oxygen atoms in total. The number of ether oxygens (including phenoxy) is 2. The minimum Gasteiger partial charge on any atom is -0.480 e. The van der Waals surface area contributed by atoms with Crippen molar-refractivity contribution in [1.82, 2.24) is 19.3 Å². The molecule has 0 saturated carbocycles. The Morgan fingerprint density at radius 3 is 2.41 bits per heavy atom. The molecule has 41 heavy (non-hydrogen) atoms. The van der Waals surface area contributed by atoms with Crippen LogP contribution in [0.2, 0.25) is 0 Å². The molecule has 5 aromatic rings. The number of nitrogens with zero attached hydrogens (tertiary/aromatic N) is 4. The first-order valence-corrected chi connectivity index (χ1v) is 14.7. The van der Waals surface area contributed by atoms with Gasteiger partial charge < -0.3 is 20.1 Å². The lowest BCUT2D eigenvalue weighted by Gasteiger charge is -2.29. The fraction of sp³-hybridized carbons (Fsp3) is 0.200. The molecule has 3 aromatic carbocycles. The molecule has 11 heteroatoms. The quantitative estimate of drug-likeness (QED) is 0.287. The molecule has 0 radical (unpaired) electrons. The van der Waals surface area contributed by atoms with Gasteiger partial charge in [-0.3, -0.25) is 4.57 Å². The molecule has 3 N–H and O–H groups in total. The van der Waals surface area contributed by atoms with E-state index in [1.807, 2.05) is 65.2 Å². The molecule has 2 aromatic heterocycles. The second-order valence-corrected chi connectivity index (χ2v) is 11.4. The van der Waals surface area contributed by atoms with E-state index in [0.717, 1.165) is 59.8 Å². The fourth-order valence-corrected chi connectivity index (χ4v) is 6.13. The van der Waals surface area contributed by atoms with E-state index in [0.29, 0.717) is 11.5 Å². The first-order valence-electron chi connectivity index (χ1n) is 13.2. The molecule has 1 fully saturated rings. The Morgan fingerprint density at radius 2 is 1.68 bits per heavy atom. The summed E-state index contributed by atoms with van der Waals surface area (Å²) >= 11 is 0. The standard InChI is InChI=1S/C30H30N6O4S/c1-39-29-28(41(37,38)33-19-21-5-3-2-4-6-21)18-23(20-32-29)22-7-12-26-27(17-22)36(30(31)34-26)25-10-8-24(9-11-25)35-13-15-40-16-14-35/h2-12,17-18,20,33H,13-16,19H2,1H3,(H2,31,34). The van der Waals surface area contributed by atoms with E-state index in [9.17, 15) is 8.42 Å². The van der Waals surface area contributed by atoms with E-state index in [1.54, 1.807) is 12.3 Å². The van der Waals surface area contributed by atoms with Gasteiger partial charge in [-0.05, 0) is 53.6 Å². The van der Waals surface area contributed by atoms with Gasteiger partial charge in [0.05, 0.1) is 31.4 Å². The molecular weight excluding hydrogens is 540 g/mol. The highest BCUT2D eigenvalue weighted by atomic mass is 32.2. The number of nitrogen functional groups attached to an aromatic ring is 1. The van der Waals surface area contributed by atoms with E-state index < -0.39 is 10.0 Å². The van der Waals surface area contributed by atoms with Gasteiger partial charge in [0.2, 0.25) is 21.9 Å². The number of nitrogens with two attached hydrogens (primary N) is 1. The van der Waals surface area contributed by atoms with Gasteiger partial charge in [-0.2, -0.15) is 0 Å². The van der Waals surface area contributed by atoms with Crippen LogP contribution in [0.25, 0.3) is 27.8 Å². The van der Waals surface area contributed by atoms with Crippen LogP contribution in [-0.4, -0.2) is 56.4 Å². The van der Waals surface area contributed by atoms with Crippen molar-refractivity contribution in [3.63, 3.8) is 0 Å². The number of fused-ring (bicyclic) bond motifs is 1. The number of hydrogen-bond donors (Lipinski definition) is 2. The second kappa shape index (κ2) is 11.2. The predicted octanol–water partition coefficient (Wildman–Crippen LogP) is 3.99. The topological polar surface area (TPSA) is 125 Å². The van der Waals surface area contributed by atoms with E-state index >= 15 is 0 Å². The van der Waals surface area contributed by atoms with Gasteiger partial charge in [0, 0.05) is 42.8 Å². The predicted molar refractivity (Wildman–Crippen MR) is 159 cm³/mol. The van der Waals surface area contributed by atoms with Gasteiger partial charge in [-0.25, -0.2) is 23.1 Å². The lowest BCUT2D eigenvalue weighted by molar-refractivity contribution is 0.122. The maximum atomic E-state index is 13.3. The minimum atomic E-state index is -3.92. The summed E-state index contributed by atoms with van der Waals surface area (Å²) in [4.78, 5) is 11.1. The van der Waals surface area contributed by atoms with E-state index in [-0.39, 0.29) is 17.3 Å². The maximum absolute atomic E-state index is 13.3. The Kier molecular flexibility index (Phi) is 7.31. The summed E-state index contributed by atoms with van der Waals surface area (Å²) in [5.41, 5.74) is 12.1. The molecule has 0 atom stereocenters. The van der Waals surface area contributed by atoms with Crippen molar-refractivity contribution < 1.29 is 17.9 Å². The number of aromatic nitrogens is 3. The highest BCUT2D eigenvalue weighted by Gasteiger charge is 2.22. The van der Waals surface area contributed by atoms with Crippen molar-refractivity contribution in [3.8, 4) is 22.7 Å². The van der Waals surface area contributed by atoms with Crippen LogP contribution in [0, 0.1) is 0 Å². The van der Waals surface area contributed by atoms with E-state index in [1.165, 1.54) is 7.11 Å². The van der Waals surface area contributed by atoms with E-state index in [4.69, 9.17) is 15.2 Å². The van der Waals surface area contributed by atoms with Crippen LogP contribution in [0.5, 0.6) is 5.88 Å². The molecule has 0 bridgehead atoms. The number of imidazole rings is 1. The first kappa shape index (κ1) is 26.8. The monoisotopic (exact) mass is 570 g/mol. The number of sulfonamides is 1. The Bertz CT molecular complexity index is 1780.